The van der Waals surface area contributed by atoms with E-state index in [0.717, 1.165) is 26.2 Å². The summed E-state index contributed by atoms with van der Waals surface area (Å²) < 4.78 is 5.35. The first-order chi connectivity index (χ1) is 9.20. The standard InChI is InChI=1S/C15H30N2O3/c1-12(2)20-11-14(19)17-8-6-16(7-9-17)10-13(18)15(3,4)5/h12-13,18H,6-11H2,1-5H3/t13-/m1/s1. The molecule has 0 aliphatic carbocycles. The van der Waals surface area contributed by atoms with Crippen LogP contribution >= 0.6 is 0 Å². The molecule has 1 heterocycles. The molecule has 1 saturated heterocycles. The van der Waals surface area contributed by atoms with E-state index in [1.807, 2.05) is 39.5 Å². The van der Waals surface area contributed by atoms with E-state index in [-0.39, 0.29) is 30.1 Å². The van der Waals surface area contributed by atoms with Crippen molar-refractivity contribution in [1.29, 1.82) is 0 Å². The molecule has 0 radical (unpaired) electrons. The average Bonchev–Trinajstić information content (AvgIpc) is 2.35. The van der Waals surface area contributed by atoms with Crippen molar-refractivity contribution in [3.63, 3.8) is 0 Å². The second kappa shape index (κ2) is 7.38. The first-order valence-corrected chi connectivity index (χ1v) is 7.50. The molecule has 0 saturated carbocycles. The monoisotopic (exact) mass is 286 g/mol. The van der Waals surface area contributed by atoms with Crippen LogP contribution in [0.25, 0.3) is 0 Å². The molecule has 0 aromatic carbocycles. The zero-order valence-corrected chi connectivity index (χ0v) is 13.6. The summed E-state index contributed by atoms with van der Waals surface area (Å²) in [6, 6.07) is 0. The maximum Gasteiger partial charge on any atom is 0.248 e. The molecule has 1 aliphatic heterocycles. The molecule has 1 fully saturated rings. The van der Waals surface area contributed by atoms with Gasteiger partial charge >= 0.3 is 0 Å². The fraction of sp³-hybridized carbons (Fsp3) is 0.933. The number of hydrogen-bond acceptors (Lipinski definition) is 4. The summed E-state index contributed by atoms with van der Waals surface area (Å²) in [5, 5.41) is 10.1. The van der Waals surface area contributed by atoms with Crippen LogP contribution in [-0.2, 0) is 9.53 Å². The second-order valence-electron chi connectivity index (χ2n) is 6.92. The smallest absolute Gasteiger partial charge is 0.248 e. The third kappa shape index (κ3) is 5.77. The number of carbonyl (C=O) groups excluding carboxylic acids is 1. The molecule has 0 spiro atoms. The van der Waals surface area contributed by atoms with Gasteiger partial charge in [-0.2, -0.15) is 0 Å². The summed E-state index contributed by atoms with van der Waals surface area (Å²) in [4.78, 5) is 16.0. The van der Waals surface area contributed by atoms with Crippen LogP contribution in [0.1, 0.15) is 34.6 Å². The molecule has 118 valence electrons. The Bertz CT molecular complexity index is 305. The lowest BCUT2D eigenvalue weighted by atomic mass is 9.89. The van der Waals surface area contributed by atoms with Gasteiger partial charge in [-0.25, -0.2) is 0 Å². The van der Waals surface area contributed by atoms with Crippen LogP contribution in [-0.4, -0.2) is 72.4 Å². The van der Waals surface area contributed by atoms with Crippen LogP contribution < -0.4 is 0 Å². The van der Waals surface area contributed by atoms with Crippen molar-refractivity contribution in [3.8, 4) is 0 Å². The van der Waals surface area contributed by atoms with Crippen molar-refractivity contribution >= 4 is 5.91 Å². The Labute approximate surface area is 122 Å². The van der Waals surface area contributed by atoms with Gasteiger partial charge in [0.2, 0.25) is 5.91 Å². The van der Waals surface area contributed by atoms with Crippen molar-refractivity contribution in [2.24, 2.45) is 5.41 Å². The van der Waals surface area contributed by atoms with E-state index in [1.165, 1.54) is 0 Å². The van der Waals surface area contributed by atoms with Gasteiger partial charge in [-0.1, -0.05) is 20.8 Å². The highest BCUT2D eigenvalue weighted by molar-refractivity contribution is 5.77. The molecule has 0 aromatic rings. The van der Waals surface area contributed by atoms with Crippen LogP contribution in [0.2, 0.25) is 0 Å². The Balaban J connectivity index is 2.31. The third-order valence-electron chi connectivity index (χ3n) is 3.70. The lowest BCUT2D eigenvalue weighted by molar-refractivity contribution is -0.139. The number of aliphatic hydroxyl groups excluding tert-OH is 1. The summed E-state index contributed by atoms with van der Waals surface area (Å²) in [7, 11) is 0. The molecular formula is C15H30N2O3. The average molecular weight is 286 g/mol. The molecule has 1 aliphatic rings. The van der Waals surface area contributed by atoms with Crippen LogP contribution in [0.5, 0.6) is 0 Å². The van der Waals surface area contributed by atoms with Crippen molar-refractivity contribution < 1.29 is 14.6 Å². The van der Waals surface area contributed by atoms with Crippen LogP contribution in [0, 0.1) is 5.41 Å². The van der Waals surface area contributed by atoms with E-state index >= 15 is 0 Å². The van der Waals surface area contributed by atoms with Crippen molar-refractivity contribution in [1.82, 2.24) is 9.80 Å². The lowest BCUT2D eigenvalue weighted by Crippen LogP contribution is -2.52. The number of amides is 1. The summed E-state index contributed by atoms with van der Waals surface area (Å²) in [5.41, 5.74) is -0.0991. The highest BCUT2D eigenvalue weighted by atomic mass is 16.5. The quantitative estimate of drug-likeness (QED) is 0.818. The van der Waals surface area contributed by atoms with E-state index in [0.29, 0.717) is 6.54 Å². The number of piperazine rings is 1. The number of nitrogens with zero attached hydrogens (tertiary/aromatic N) is 2. The minimum absolute atomic E-state index is 0.0646. The van der Waals surface area contributed by atoms with E-state index in [1.54, 1.807) is 0 Å². The number of β-amino-alcohol motifs (C(OH)–C–C–N with tert-alkyl or cyclic N) is 1. The molecule has 5 nitrogen and oxygen atoms in total. The highest BCUT2D eigenvalue weighted by Crippen LogP contribution is 2.20. The Hall–Kier alpha value is -0.650. The van der Waals surface area contributed by atoms with E-state index in [2.05, 4.69) is 4.90 Å². The van der Waals surface area contributed by atoms with Gasteiger partial charge in [0.25, 0.3) is 0 Å². The molecule has 1 N–H and O–H groups in total. The first-order valence-electron chi connectivity index (χ1n) is 7.50. The van der Waals surface area contributed by atoms with Crippen LogP contribution in [0.3, 0.4) is 0 Å². The molecule has 1 amide bonds. The van der Waals surface area contributed by atoms with Crippen molar-refractivity contribution in [3.05, 3.63) is 0 Å². The second-order valence-corrected chi connectivity index (χ2v) is 6.92. The van der Waals surface area contributed by atoms with Gasteiger partial charge in [0.05, 0.1) is 12.2 Å². The topological polar surface area (TPSA) is 53.0 Å². The van der Waals surface area contributed by atoms with E-state index in [9.17, 15) is 9.90 Å². The predicted octanol–water partition coefficient (Wildman–Crippen LogP) is 0.963. The molecule has 20 heavy (non-hydrogen) atoms. The number of rotatable bonds is 5. The number of ether oxygens (including phenoxy) is 1. The Morgan fingerprint density at radius 3 is 2.20 bits per heavy atom. The van der Waals surface area contributed by atoms with Gasteiger partial charge in [-0.3, -0.25) is 9.69 Å². The van der Waals surface area contributed by atoms with Crippen molar-refractivity contribution in [2.75, 3.05) is 39.3 Å². The van der Waals surface area contributed by atoms with Gasteiger partial charge in [-0.15, -0.1) is 0 Å². The lowest BCUT2D eigenvalue weighted by Gasteiger charge is -2.38. The summed E-state index contributed by atoms with van der Waals surface area (Å²) >= 11 is 0. The fourth-order valence-corrected chi connectivity index (χ4v) is 2.03. The first kappa shape index (κ1) is 17.4. The molecule has 0 aromatic heterocycles. The SMILES string of the molecule is CC(C)OCC(=O)N1CCN(C[C@@H](O)C(C)(C)C)CC1. The third-order valence-corrected chi connectivity index (χ3v) is 3.70. The van der Waals surface area contributed by atoms with E-state index in [4.69, 9.17) is 4.74 Å². The zero-order chi connectivity index (χ0) is 15.3. The molecule has 0 unspecified atom stereocenters. The number of aliphatic hydroxyl groups is 1. The maximum absolute atomic E-state index is 11.9. The largest absolute Gasteiger partial charge is 0.391 e. The van der Waals surface area contributed by atoms with Crippen LogP contribution in [0.4, 0.5) is 0 Å². The molecule has 1 rings (SSSR count). The molecular weight excluding hydrogens is 256 g/mol. The van der Waals surface area contributed by atoms with Gasteiger partial charge in [0.1, 0.15) is 6.61 Å². The van der Waals surface area contributed by atoms with E-state index < -0.39 is 0 Å². The van der Waals surface area contributed by atoms with Gasteiger partial charge in [0, 0.05) is 32.7 Å². The normalized spacial score (nSPS) is 19.4. The highest BCUT2D eigenvalue weighted by Gasteiger charge is 2.27. The molecule has 5 heteroatoms. The number of carbonyl (C=O) groups is 1. The van der Waals surface area contributed by atoms with Gasteiger partial charge in [-0.05, 0) is 19.3 Å². The number of hydrogen-bond donors (Lipinski definition) is 1. The summed E-state index contributed by atoms with van der Waals surface area (Å²) in [6.45, 7) is 13.9. The van der Waals surface area contributed by atoms with Gasteiger partial charge < -0.3 is 14.7 Å². The van der Waals surface area contributed by atoms with Crippen molar-refractivity contribution in [2.45, 2.75) is 46.8 Å². The van der Waals surface area contributed by atoms with Gasteiger partial charge in [0.15, 0.2) is 0 Å². The Morgan fingerprint density at radius 2 is 1.75 bits per heavy atom. The predicted molar refractivity (Wildman–Crippen MR) is 79.6 cm³/mol. The molecule has 0 bridgehead atoms. The summed E-state index contributed by atoms with van der Waals surface area (Å²) in [6.07, 6.45) is -0.254. The fourth-order valence-electron chi connectivity index (χ4n) is 2.03. The minimum Gasteiger partial charge on any atom is -0.391 e. The van der Waals surface area contributed by atoms with Crippen LogP contribution in [0.15, 0.2) is 0 Å². The minimum atomic E-state index is -0.339. The summed E-state index contributed by atoms with van der Waals surface area (Å²) in [5.74, 6) is 0.0646. The maximum atomic E-state index is 11.9. The Morgan fingerprint density at radius 1 is 1.20 bits per heavy atom. The molecule has 1 atom stereocenters. The Kier molecular flexibility index (Phi) is 6.43. The zero-order valence-electron chi connectivity index (χ0n) is 13.6.